The zero-order valence-corrected chi connectivity index (χ0v) is 16.1. The second-order valence-corrected chi connectivity index (χ2v) is 6.26. The first-order valence-electron chi connectivity index (χ1n) is 8.39. The molecule has 0 aliphatic carbocycles. The van der Waals surface area contributed by atoms with Crippen LogP contribution in [0.5, 0.6) is 0 Å². The Balaban J connectivity index is 2.88. The number of halogens is 1. The smallest absolute Gasteiger partial charge is 0.253 e. The highest BCUT2D eigenvalue weighted by Gasteiger charge is 2.20. The number of aromatic nitrogens is 1. The first-order chi connectivity index (χ1) is 11.9. The fourth-order valence-electron chi connectivity index (χ4n) is 2.19. The lowest BCUT2D eigenvalue weighted by Gasteiger charge is -2.31. The van der Waals surface area contributed by atoms with Gasteiger partial charge in [0.05, 0.1) is 11.9 Å². The van der Waals surface area contributed by atoms with Gasteiger partial charge < -0.3 is 4.90 Å². The third kappa shape index (κ3) is 7.13. The summed E-state index contributed by atoms with van der Waals surface area (Å²) in [7, 11) is 0. The van der Waals surface area contributed by atoms with E-state index in [4.69, 9.17) is 12.2 Å². The minimum Gasteiger partial charge on any atom is -0.342 e. The van der Waals surface area contributed by atoms with Gasteiger partial charge in [0.2, 0.25) is 0 Å². The number of allylic oxidation sites excluding steroid dienone is 3. The molecule has 1 rings (SSSR count). The van der Waals surface area contributed by atoms with Gasteiger partial charge in [-0.3, -0.25) is 15.1 Å². The number of carbonyl (C=O) groups excluding carboxylic acids is 1. The van der Waals surface area contributed by atoms with E-state index in [-0.39, 0.29) is 17.8 Å². The summed E-state index contributed by atoms with van der Waals surface area (Å²) in [5, 5.41) is 3.11. The minimum atomic E-state index is -0.357. The van der Waals surface area contributed by atoms with Crippen molar-refractivity contribution < 1.29 is 9.18 Å². The molecule has 6 heteroatoms. The van der Waals surface area contributed by atoms with Crippen LogP contribution < -0.4 is 5.32 Å². The fraction of sp³-hybridized carbons (Fsp3) is 0.421. The maximum absolute atomic E-state index is 12.8. The molecule has 0 fully saturated rings. The number of hydrogen-bond acceptors (Lipinski definition) is 3. The lowest BCUT2D eigenvalue weighted by Crippen LogP contribution is -2.44. The van der Waals surface area contributed by atoms with Gasteiger partial charge in [0.1, 0.15) is 0 Å². The van der Waals surface area contributed by atoms with Crippen LogP contribution in [0.2, 0.25) is 0 Å². The van der Waals surface area contributed by atoms with Crippen molar-refractivity contribution in [2.75, 3.05) is 6.54 Å². The Morgan fingerprint density at radius 2 is 2.16 bits per heavy atom. The van der Waals surface area contributed by atoms with E-state index in [0.29, 0.717) is 10.7 Å². The molecule has 0 saturated carbocycles. The Bertz CT molecular complexity index is 639. The van der Waals surface area contributed by atoms with E-state index in [1.807, 2.05) is 24.0 Å². The number of unbranched alkanes of at least 4 members (excludes halogenated alkanes) is 1. The van der Waals surface area contributed by atoms with Gasteiger partial charge in [-0.25, -0.2) is 4.39 Å². The number of nitrogens with zero attached hydrogens (tertiary/aromatic N) is 2. The lowest BCUT2D eigenvalue weighted by atomic mass is 10.1. The molecule has 0 aliphatic rings. The summed E-state index contributed by atoms with van der Waals surface area (Å²) in [6.45, 7) is 7.82. The largest absolute Gasteiger partial charge is 0.342 e. The SMILES string of the molecule is CCCCN(C(=S)NC(=O)/C(C)=C/C=C(\C)F)C(C)c1cccnc1. The highest BCUT2D eigenvalue weighted by atomic mass is 32.1. The van der Waals surface area contributed by atoms with Gasteiger partial charge in [-0.15, -0.1) is 0 Å². The van der Waals surface area contributed by atoms with Crippen molar-refractivity contribution in [3.63, 3.8) is 0 Å². The molecule has 0 saturated heterocycles. The van der Waals surface area contributed by atoms with Crippen LogP contribution in [0.25, 0.3) is 0 Å². The van der Waals surface area contributed by atoms with Crippen molar-refractivity contribution in [3.05, 3.63) is 53.6 Å². The summed E-state index contributed by atoms with van der Waals surface area (Å²) in [4.78, 5) is 18.4. The predicted octanol–water partition coefficient (Wildman–Crippen LogP) is 4.47. The first kappa shape index (κ1) is 21.0. The summed E-state index contributed by atoms with van der Waals surface area (Å²) in [6.07, 6.45) is 8.19. The third-order valence-electron chi connectivity index (χ3n) is 3.79. The molecule has 136 valence electrons. The number of amides is 1. The Labute approximate surface area is 154 Å². The molecule has 25 heavy (non-hydrogen) atoms. The third-order valence-corrected chi connectivity index (χ3v) is 4.13. The Morgan fingerprint density at radius 3 is 2.72 bits per heavy atom. The van der Waals surface area contributed by atoms with Gasteiger partial charge in [-0.2, -0.15) is 0 Å². The van der Waals surface area contributed by atoms with Crippen LogP contribution >= 0.6 is 12.2 Å². The predicted molar refractivity (Wildman–Crippen MR) is 104 cm³/mol. The first-order valence-corrected chi connectivity index (χ1v) is 8.80. The topological polar surface area (TPSA) is 45.2 Å². The fourth-order valence-corrected chi connectivity index (χ4v) is 2.53. The van der Waals surface area contributed by atoms with E-state index < -0.39 is 0 Å². The van der Waals surface area contributed by atoms with Crippen LogP contribution in [0.4, 0.5) is 4.39 Å². The molecular weight excluding hydrogens is 337 g/mol. The summed E-state index contributed by atoms with van der Waals surface area (Å²) < 4.78 is 12.8. The van der Waals surface area contributed by atoms with Gasteiger partial charge in [0.25, 0.3) is 5.91 Å². The molecule has 0 spiro atoms. The number of rotatable bonds is 7. The van der Waals surface area contributed by atoms with Gasteiger partial charge in [0, 0.05) is 24.5 Å². The second-order valence-electron chi connectivity index (χ2n) is 5.87. The average Bonchev–Trinajstić information content (AvgIpc) is 2.60. The summed E-state index contributed by atoms with van der Waals surface area (Å²) in [6, 6.07) is 3.86. The van der Waals surface area contributed by atoms with Crippen molar-refractivity contribution in [1.29, 1.82) is 0 Å². The quantitative estimate of drug-likeness (QED) is 0.441. The zero-order valence-electron chi connectivity index (χ0n) is 15.3. The number of hydrogen-bond donors (Lipinski definition) is 1. The Morgan fingerprint density at radius 1 is 1.44 bits per heavy atom. The van der Waals surface area contributed by atoms with E-state index in [1.165, 1.54) is 19.1 Å². The Kier molecular flexibility index (Phi) is 8.99. The highest BCUT2D eigenvalue weighted by Crippen LogP contribution is 2.20. The summed E-state index contributed by atoms with van der Waals surface area (Å²) in [5.74, 6) is -0.688. The lowest BCUT2D eigenvalue weighted by molar-refractivity contribution is -0.116. The molecule has 0 radical (unpaired) electrons. The van der Waals surface area contributed by atoms with Crippen LogP contribution in [-0.2, 0) is 4.79 Å². The summed E-state index contributed by atoms with van der Waals surface area (Å²) >= 11 is 5.45. The molecule has 1 heterocycles. The summed E-state index contributed by atoms with van der Waals surface area (Å²) in [5.41, 5.74) is 1.42. The molecule has 1 atom stereocenters. The molecule has 1 amide bonds. The van der Waals surface area contributed by atoms with Crippen molar-refractivity contribution in [1.82, 2.24) is 15.2 Å². The van der Waals surface area contributed by atoms with Gasteiger partial charge >= 0.3 is 0 Å². The van der Waals surface area contributed by atoms with Crippen molar-refractivity contribution in [2.24, 2.45) is 0 Å². The van der Waals surface area contributed by atoms with Crippen LogP contribution in [0.1, 0.15) is 52.1 Å². The molecule has 1 N–H and O–H groups in total. The Hall–Kier alpha value is -2.08. The van der Waals surface area contributed by atoms with E-state index in [9.17, 15) is 9.18 Å². The van der Waals surface area contributed by atoms with Crippen LogP contribution in [0, 0.1) is 0 Å². The molecule has 0 aliphatic heterocycles. The van der Waals surface area contributed by atoms with Crippen LogP contribution in [0.3, 0.4) is 0 Å². The number of nitrogens with one attached hydrogen (secondary N) is 1. The second kappa shape index (κ2) is 10.7. The van der Waals surface area contributed by atoms with Gasteiger partial charge in [0.15, 0.2) is 5.11 Å². The van der Waals surface area contributed by atoms with Crippen molar-refractivity contribution in [2.45, 2.75) is 46.6 Å². The van der Waals surface area contributed by atoms with Gasteiger partial charge in [-0.1, -0.05) is 25.5 Å². The van der Waals surface area contributed by atoms with Crippen molar-refractivity contribution in [3.8, 4) is 0 Å². The monoisotopic (exact) mass is 363 g/mol. The molecule has 0 aromatic carbocycles. The van der Waals surface area contributed by atoms with E-state index in [0.717, 1.165) is 24.9 Å². The number of carbonyl (C=O) groups is 1. The van der Waals surface area contributed by atoms with Gasteiger partial charge in [-0.05, 0) is 57.1 Å². The van der Waals surface area contributed by atoms with E-state index >= 15 is 0 Å². The average molecular weight is 364 g/mol. The van der Waals surface area contributed by atoms with Crippen LogP contribution in [0.15, 0.2) is 48.1 Å². The molecule has 1 aromatic heterocycles. The molecule has 1 unspecified atom stereocenters. The van der Waals surface area contributed by atoms with E-state index in [1.54, 1.807) is 19.3 Å². The number of pyridine rings is 1. The van der Waals surface area contributed by atoms with Crippen molar-refractivity contribution >= 4 is 23.2 Å². The molecule has 1 aromatic rings. The van der Waals surface area contributed by atoms with E-state index in [2.05, 4.69) is 17.2 Å². The molecule has 4 nitrogen and oxygen atoms in total. The standard InChI is InChI=1S/C19H26FN3OS/c1-5-6-12-23(16(4)17-8-7-11-21-13-17)19(25)22-18(24)14(2)9-10-15(3)20/h7-11,13,16H,5-6,12H2,1-4H3,(H,22,24,25)/b14-9+,15-10+. The number of thiocarbonyl (C=S) groups is 1. The van der Waals surface area contributed by atoms with Crippen LogP contribution in [-0.4, -0.2) is 27.4 Å². The maximum Gasteiger partial charge on any atom is 0.253 e. The maximum atomic E-state index is 12.8. The highest BCUT2D eigenvalue weighted by molar-refractivity contribution is 7.80. The normalized spacial score (nSPS) is 13.3. The zero-order chi connectivity index (χ0) is 18.8. The molecular formula is C19H26FN3OS. The minimum absolute atomic E-state index is 0.00896. The molecule has 0 bridgehead atoms.